The average molecular weight is 164 g/mol. The second-order valence-corrected chi connectivity index (χ2v) is 4.42. The van der Waals surface area contributed by atoms with Crippen LogP contribution < -0.4 is 0 Å². The summed E-state index contributed by atoms with van der Waals surface area (Å²) >= 11 is 0. The summed E-state index contributed by atoms with van der Waals surface area (Å²) in [7, 11) is 2.03. The van der Waals surface area contributed by atoms with Crippen LogP contribution in [0.1, 0.15) is 37.2 Å². The summed E-state index contributed by atoms with van der Waals surface area (Å²) < 4.78 is 2.01. The van der Waals surface area contributed by atoms with E-state index in [1.165, 1.54) is 29.8 Å². The van der Waals surface area contributed by atoms with E-state index in [1.54, 1.807) is 0 Å². The molecule has 12 heavy (non-hydrogen) atoms. The minimum atomic E-state index is 0.307. The normalized spacial score (nSPS) is 19.7. The van der Waals surface area contributed by atoms with Crippen LogP contribution in [0.3, 0.4) is 0 Å². The molecule has 0 spiro atoms. The quantitative estimate of drug-likeness (QED) is 0.573. The smallest absolute Gasteiger partial charge is 0.0715 e. The summed E-state index contributed by atoms with van der Waals surface area (Å²) in [6.45, 7) is 6.73. The Balaban J connectivity index is 2.61. The lowest BCUT2D eigenvalue weighted by molar-refractivity contribution is 0.492. The molecule has 1 aliphatic rings. The highest BCUT2D eigenvalue weighted by atomic mass is 15.3. The van der Waals surface area contributed by atoms with Gasteiger partial charge in [-0.3, -0.25) is 4.68 Å². The zero-order valence-corrected chi connectivity index (χ0v) is 8.31. The molecule has 66 valence electrons. The molecule has 0 atom stereocenters. The maximum Gasteiger partial charge on any atom is 0.0715 e. The second kappa shape index (κ2) is 2.12. The third-order valence-electron chi connectivity index (χ3n) is 3.10. The van der Waals surface area contributed by atoms with Gasteiger partial charge in [0.1, 0.15) is 0 Å². The van der Waals surface area contributed by atoms with Gasteiger partial charge in [-0.05, 0) is 25.3 Å². The van der Waals surface area contributed by atoms with Crippen molar-refractivity contribution in [1.82, 2.24) is 9.78 Å². The number of hydrogen-bond acceptors (Lipinski definition) is 1. The molecule has 2 rings (SSSR count). The summed E-state index contributed by atoms with van der Waals surface area (Å²) in [6, 6.07) is 0. The van der Waals surface area contributed by atoms with Crippen molar-refractivity contribution in [2.24, 2.45) is 7.05 Å². The fourth-order valence-electron chi connectivity index (χ4n) is 2.05. The van der Waals surface area contributed by atoms with Crippen molar-refractivity contribution >= 4 is 0 Å². The molecule has 0 amide bonds. The molecule has 1 aliphatic carbocycles. The molecule has 1 aromatic heterocycles. The van der Waals surface area contributed by atoms with Gasteiger partial charge < -0.3 is 0 Å². The average Bonchev–Trinajstić information content (AvgIpc) is 2.40. The largest absolute Gasteiger partial charge is 0.272 e. The first-order chi connectivity index (χ1) is 5.52. The highest BCUT2D eigenvalue weighted by Crippen LogP contribution is 2.38. The second-order valence-electron chi connectivity index (χ2n) is 4.42. The van der Waals surface area contributed by atoms with Crippen LogP contribution in [0.4, 0.5) is 0 Å². The lowest BCUT2D eigenvalue weighted by Crippen LogP contribution is -2.13. The van der Waals surface area contributed by atoms with E-state index < -0.39 is 0 Å². The van der Waals surface area contributed by atoms with Crippen molar-refractivity contribution in [3.8, 4) is 0 Å². The molecule has 0 saturated carbocycles. The van der Waals surface area contributed by atoms with E-state index in [2.05, 4.69) is 25.9 Å². The molecule has 0 radical (unpaired) electrons. The Hall–Kier alpha value is -0.790. The minimum Gasteiger partial charge on any atom is -0.272 e. The number of fused-ring (bicyclic) bond motifs is 1. The summed E-state index contributed by atoms with van der Waals surface area (Å²) in [4.78, 5) is 0. The van der Waals surface area contributed by atoms with Crippen LogP contribution in [0, 0.1) is 6.92 Å². The van der Waals surface area contributed by atoms with Crippen LogP contribution in [-0.2, 0) is 18.9 Å². The van der Waals surface area contributed by atoms with Gasteiger partial charge in [-0.25, -0.2) is 0 Å². The first-order valence-electron chi connectivity index (χ1n) is 4.55. The van der Waals surface area contributed by atoms with E-state index in [0.717, 1.165) is 0 Å². The monoisotopic (exact) mass is 164 g/mol. The van der Waals surface area contributed by atoms with E-state index in [9.17, 15) is 0 Å². The van der Waals surface area contributed by atoms with Gasteiger partial charge in [0.2, 0.25) is 0 Å². The molecule has 2 nitrogen and oxygen atoms in total. The van der Waals surface area contributed by atoms with Crippen LogP contribution in [-0.4, -0.2) is 9.78 Å². The van der Waals surface area contributed by atoms with Crippen LogP contribution in [0.5, 0.6) is 0 Å². The molecular formula is C10H16N2. The van der Waals surface area contributed by atoms with E-state index in [4.69, 9.17) is 0 Å². The molecule has 1 aromatic rings. The van der Waals surface area contributed by atoms with E-state index in [-0.39, 0.29) is 0 Å². The predicted octanol–water partition coefficient (Wildman–Crippen LogP) is 1.95. The van der Waals surface area contributed by atoms with E-state index in [1.807, 2.05) is 11.7 Å². The van der Waals surface area contributed by atoms with Crippen molar-refractivity contribution in [2.75, 3.05) is 0 Å². The van der Waals surface area contributed by atoms with Gasteiger partial charge in [-0.1, -0.05) is 13.8 Å². The molecule has 0 N–H and O–H groups in total. The number of aryl methyl sites for hydroxylation is 1. The highest BCUT2D eigenvalue weighted by Gasteiger charge is 2.34. The van der Waals surface area contributed by atoms with Crippen LogP contribution >= 0.6 is 0 Å². The topological polar surface area (TPSA) is 17.8 Å². The Morgan fingerprint density at radius 1 is 1.42 bits per heavy atom. The Morgan fingerprint density at radius 2 is 2.08 bits per heavy atom. The van der Waals surface area contributed by atoms with Gasteiger partial charge in [-0.2, -0.15) is 5.10 Å². The van der Waals surface area contributed by atoms with Gasteiger partial charge in [0.05, 0.1) is 5.69 Å². The van der Waals surface area contributed by atoms with Crippen molar-refractivity contribution in [1.29, 1.82) is 0 Å². The molecule has 0 saturated heterocycles. The van der Waals surface area contributed by atoms with Gasteiger partial charge in [0, 0.05) is 18.2 Å². The number of aromatic nitrogens is 2. The first kappa shape index (κ1) is 7.84. The Morgan fingerprint density at radius 3 is 2.67 bits per heavy atom. The van der Waals surface area contributed by atoms with Crippen LogP contribution in [0.15, 0.2) is 0 Å². The molecule has 0 unspecified atom stereocenters. The standard InChI is InChI=1S/C10H16N2/c1-7-8-5-6-10(2,3)9(8)11-12(7)4/h5-6H2,1-4H3. The number of nitrogens with zero attached hydrogens (tertiary/aromatic N) is 2. The van der Waals surface area contributed by atoms with Crippen molar-refractivity contribution in [3.05, 3.63) is 17.0 Å². The maximum atomic E-state index is 4.56. The molecule has 1 heterocycles. The summed E-state index contributed by atoms with van der Waals surface area (Å²) in [5, 5.41) is 4.56. The molecule has 0 bridgehead atoms. The lowest BCUT2D eigenvalue weighted by Gasteiger charge is -2.15. The van der Waals surface area contributed by atoms with Crippen molar-refractivity contribution in [2.45, 2.75) is 39.0 Å². The predicted molar refractivity (Wildman–Crippen MR) is 49.3 cm³/mol. The summed E-state index contributed by atoms with van der Waals surface area (Å²) in [5.41, 5.74) is 4.46. The summed E-state index contributed by atoms with van der Waals surface area (Å²) in [5.74, 6) is 0. The van der Waals surface area contributed by atoms with Crippen molar-refractivity contribution < 1.29 is 0 Å². The highest BCUT2D eigenvalue weighted by molar-refractivity contribution is 5.35. The zero-order chi connectivity index (χ0) is 8.93. The maximum absolute atomic E-state index is 4.56. The van der Waals surface area contributed by atoms with E-state index >= 15 is 0 Å². The summed E-state index contributed by atoms with van der Waals surface area (Å²) in [6.07, 6.45) is 2.47. The molecule has 0 fully saturated rings. The molecular weight excluding hydrogens is 148 g/mol. The lowest BCUT2D eigenvalue weighted by atomic mass is 9.91. The van der Waals surface area contributed by atoms with Gasteiger partial charge in [-0.15, -0.1) is 0 Å². The molecule has 0 aliphatic heterocycles. The third-order valence-corrected chi connectivity index (χ3v) is 3.10. The third kappa shape index (κ3) is 0.838. The van der Waals surface area contributed by atoms with Crippen LogP contribution in [0.25, 0.3) is 0 Å². The van der Waals surface area contributed by atoms with Crippen LogP contribution in [0.2, 0.25) is 0 Å². The Labute approximate surface area is 73.6 Å². The fraction of sp³-hybridized carbons (Fsp3) is 0.700. The van der Waals surface area contributed by atoms with E-state index in [0.29, 0.717) is 5.41 Å². The molecule has 2 heteroatoms. The zero-order valence-electron chi connectivity index (χ0n) is 8.31. The first-order valence-corrected chi connectivity index (χ1v) is 4.55. The fourth-order valence-corrected chi connectivity index (χ4v) is 2.05. The SMILES string of the molecule is Cc1c2c(nn1C)C(C)(C)CC2. The number of rotatable bonds is 0. The Bertz CT molecular complexity index is 321. The van der Waals surface area contributed by atoms with Gasteiger partial charge >= 0.3 is 0 Å². The minimum absolute atomic E-state index is 0.307. The van der Waals surface area contributed by atoms with Crippen molar-refractivity contribution in [3.63, 3.8) is 0 Å². The Kier molecular flexibility index (Phi) is 1.39. The van der Waals surface area contributed by atoms with Gasteiger partial charge in [0.15, 0.2) is 0 Å². The van der Waals surface area contributed by atoms with Gasteiger partial charge in [0.25, 0.3) is 0 Å². The molecule has 0 aromatic carbocycles. The number of hydrogen-bond donors (Lipinski definition) is 0.